The molecular weight excluding hydrogens is 270 g/mol. The lowest BCUT2D eigenvalue weighted by Gasteiger charge is -2.11. The number of ketones is 1. The Morgan fingerprint density at radius 1 is 0.850 bits per heavy atom. The molecule has 2 aromatic rings. The van der Waals surface area contributed by atoms with Crippen LogP contribution in [0.5, 0.6) is 0 Å². The van der Waals surface area contributed by atoms with E-state index in [4.69, 9.17) is 17.3 Å². The molecule has 0 aromatic heterocycles. The molecule has 0 saturated heterocycles. The zero-order chi connectivity index (χ0) is 15.0. The van der Waals surface area contributed by atoms with Gasteiger partial charge in [-0.25, -0.2) is 0 Å². The predicted octanol–water partition coefficient (Wildman–Crippen LogP) is 4.39. The molecule has 0 saturated carbocycles. The molecule has 2 N–H and O–H groups in total. The summed E-state index contributed by atoms with van der Waals surface area (Å²) in [5, 5.41) is 0.483. The van der Waals surface area contributed by atoms with Gasteiger partial charge in [-0.05, 0) is 68.1 Å². The fourth-order valence-corrected chi connectivity index (χ4v) is 2.52. The monoisotopic (exact) mass is 287 g/mol. The third kappa shape index (κ3) is 2.56. The van der Waals surface area contributed by atoms with E-state index in [1.54, 1.807) is 6.07 Å². The van der Waals surface area contributed by atoms with Crippen molar-refractivity contribution in [1.82, 2.24) is 0 Å². The van der Waals surface area contributed by atoms with Crippen LogP contribution in [0.3, 0.4) is 0 Å². The lowest BCUT2D eigenvalue weighted by molar-refractivity contribution is 0.103. The number of hydrogen-bond donors (Lipinski definition) is 1. The van der Waals surface area contributed by atoms with E-state index in [2.05, 4.69) is 0 Å². The quantitative estimate of drug-likeness (QED) is 0.658. The molecule has 0 atom stereocenters. The van der Waals surface area contributed by atoms with E-state index >= 15 is 0 Å². The minimum atomic E-state index is -0.0812. The minimum Gasteiger partial charge on any atom is -0.398 e. The van der Waals surface area contributed by atoms with Crippen LogP contribution in [0.2, 0.25) is 5.02 Å². The van der Waals surface area contributed by atoms with E-state index in [-0.39, 0.29) is 5.78 Å². The number of halogens is 1. The molecule has 20 heavy (non-hydrogen) atoms. The molecule has 2 rings (SSSR count). The van der Waals surface area contributed by atoms with Gasteiger partial charge in [0, 0.05) is 16.8 Å². The van der Waals surface area contributed by atoms with Gasteiger partial charge in [0.25, 0.3) is 0 Å². The van der Waals surface area contributed by atoms with Crippen molar-refractivity contribution in [2.75, 3.05) is 5.73 Å². The third-order valence-corrected chi connectivity index (χ3v) is 4.00. The normalized spacial score (nSPS) is 10.7. The molecule has 0 radical (unpaired) electrons. The number of rotatable bonds is 2. The van der Waals surface area contributed by atoms with Crippen LogP contribution < -0.4 is 5.73 Å². The maximum atomic E-state index is 12.7. The topological polar surface area (TPSA) is 43.1 Å². The van der Waals surface area contributed by atoms with Crippen LogP contribution in [0.15, 0.2) is 24.3 Å². The van der Waals surface area contributed by atoms with Crippen molar-refractivity contribution in [2.45, 2.75) is 27.7 Å². The summed E-state index contributed by atoms with van der Waals surface area (Å²) in [7, 11) is 0. The Hall–Kier alpha value is -1.80. The van der Waals surface area contributed by atoms with E-state index in [1.807, 2.05) is 45.9 Å². The van der Waals surface area contributed by atoms with Gasteiger partial charge in [-0.1, -0.05) is 17.7 Å². The molecule has 0 unspecified atom stereocenters. The van der Waals surface area contributed by atoms with Crippen LogP contribution in [-0.2, 0) is 0 Å². The minimum absolute atomic E-state index is 0.0812. The van der Waals surface area contributed by atoms with E-state index in [1.165, 1.54) is 0 Å². The van der Waals surface area contributed by atoms with Crippen LogP contribution >= 0.6 is 11.6 Å². The van der Waals surface area contributed by atoms with E-state index in [9.17, 15) is 4.79 Å². The summed E-state index contributed by atoms with van der Waals surface area (Å²) in [4.78, 5) is 12.7. The molecule has 3 heteroatoms. The Labute approximate surface area is 124 Å². The first kappa shape index (κ1) is 14.6. The molecule has 0 bridgehead atoms. The summed E-state index contributed by atoms with van der Waals surface area (Å²) in [6, 6.07) is 7.34. The number of benzene rings is 2. The molecule has 0 fully saturated rings. The van der Waals surface area contributed by atoms with Gasteiger partial charge in [0.1, 0.15) is 0 Å². The molecule has 0 aliphatic carbocycles. The van der Waals surface area contributed by atoms with Gasteiger partial charge in [-0.3, -0.25) is 4.79 Å². The highest BCUT2D eigenvalue weighted by atomic mass is 35.5. The highest BCUT2D eigenvalue weighted by molar-refractivity contribution is 6.35. The molecule has 2 nitrogen and oxygen atoms in total. The highest BCUT2D eigenvalue weighted by Crippen LogP contribution is 2.26. The van der Waals surface area contributed by atoms with Crippen molar-refractivity contribution in [3.05, 3.63) is 62.7 Å². The molecule has 0 aliphatic heterocycles. The number of carbonyl (C=O) groups is 1. The van der Waals surface area contributed by atoms with Gasteiger partial charge in [0.05, 0.1) is 5.02 Å². The second-order valence-electron chi connectivity index (χ2n) is 5.27. The molecule has 2 aromatic carbocycles. The SMILES string of the molecule is Cc1cc(Cl)c(C(=O)c2cc(N)c(C)cc2C)cc1C. The smallest absolute Gasteiger partial charge is 0.194 e. The molecular formula is C17H18ClNO. The average Bonchev–Trinajstić information content (AvgIpc) is 2.37. The highest BCUT2D eigenvalue weighted by Gasteiger charge is 2.17. The van der Waals surface area contributed by atoms with Crippen molar-refractivity contribution in [1.29, 1.82) is 0 Å². The maximum absolute atomic E-state index is 12.7. The second-order valence-corrected chi connectivity index (χ2v) is 5.68. The third-order valence-electron chi connectivity index (χ3n) is 3.69. The first-order chi connectivity index (χ1) is 9.31. The van der Waals surface area contributed by atoms with E-state index < -0.39 is 0 Å². The zero-order valence-electron chi connectivity index (χ0n) is 12.2. The molecule has 0 heterocycles. The Kier molecular flexibility index (Phi) is 3.87. The Morgan fingerprint density at radius 2 is 1.45 bits per heavy atom. The van der Waals surface area contributed by atoms with Crippen LogP contribution in [0.25, 0.3) is 0 Å². The molecule has 0 spiro atoms. The number of anilines is 1. The first-order valence-electron chi connectivity index (χ1n) is 6.49. The predicted molar refractivity (Wildman–Crippen MR) is 84.7 cm³/mol. The number of aryl methyl sites for hydroxylation is 4. The van der Waals surface area contributed by atoms with Gasteiger partial charge in [0.15, 0.2) is 5.78 Å². The lowest BCUT2D eigenvalue weighted by atomic mass is 9.94. The summed E-state index contributed by atoms with van der Waals surface area (Å²) >= 11 is 6.22. The van der Waals surface area contributed by atoms with Gasteiger partial charge in [-0.2, -0.15) is 0 Å². The lowest BCUT2D eigenvalue weighted by Crippen LogP contribution is -2.07. The van der Waals surface area contributed by atoms with Crippen LogP contribution in [0, 0.1) is 27.7 Å². The average molecular weight is 288 g/mol. The number of nitrogen functional groups attached to an aromatic ring is 1. The molecule has 0 amide bonds. The maximum Gasteiger partial charge on any atom is 0.194 e. The number of hydrogen-bond acceptors (Lipinski definition) is 2. The first-order valence-corrected chi connectivity index (χ1v) is 6.87. The van der Waals surface area contributed by atoms with Gasteiger partial charge in [0.2, 0.25) is 0 Å². The second kappa shape index (κ2) is 5.29. The van der Waals surface area contributed by atoms with Gasteiger partial charge in [-0.15, -0.1) is 0 Å². The Bertz CT molecular complexity index is 645. The van der Waals surface area contributed by atoms with Gasteiger partial charge >= 0.3 is 0 Å². The van der Waals surface area contributed by atoms with E-state index in [0.717, 1.165) is 22.3 Å². The summed E-state index contributed by atoms with van der Waals surface area (Å²) in [5.41, 5.74) is 11.7. The summed E-state index contributed by atoms with van der Waals surface area (Å²) < 4.78 is 0. The standard InChI is InChI=1S/C17H18ClNO/c1-9-6-14(15(18)7-10(9)2)17(20)13-8-16(19)12(4)5-11(13)3/h5-8H,19H2,1-4H3. The van der Waals surface area contributed by atoms with Crippen molar-refractivity contribution >= 4 is 23.1 Å². The molecule has 0 aliphatic rings. The Balaban J connectivity index is 2.57. The summed E-state index contributed by atoms with van der Waals surface area (Å²) in [5.74, 6) is -0.0812. The Morgan fingerprint density at radius 3 is 2.10 bits per heavy atom. The zero-order valence-corrected chi connectivity index (χ0v) is 12.9. The van der Waals surface area contributed by atoms with Gasteiger partial charge < -0.3 is 5.73 Å². The summed E-state index contributed by atoms with van der Waals surface area (Å²) in [6.07, 6.45) is 0. The fraction of sp³-hybridized carbons (Fsp3) is 0.235. The van der Waals surface area contributed by atoms with Crippen molar-refractivity contribution in [3.63, 3.8) is 0 Å². The summed E-state index contributed by atoms with van der Waals surface area (Å²) in [6.45, 7) is 7.79. The van der Waals surface area contributed by atoms with Crippen molar-refractivity contribution in [2.24, 2.45) is 0 Å². The van der Waals surface area contributed by atoms with Crippen LogP contribution in [0.4, 0.5) is 5.69 Å². The van der Waals surface area contributed by atoms with Crippen molar-refractivity contribution < 1.29 is 4.79 Å². The molecule has 104 valence electrons. The van der Waals surface area contributed by atoms with Crippen LogP contribution in [-0.4, -0.2) is 5.78 Å². The largest absolute Gasteiger partial charge is 0.398 e. The van der Waals surface area contributed by atoms with Crippen molar-refractivity contribution in [3.8, 4) is 0 Å². The fourth-order valence-electron chi connectivity index (χ4n) is 2.21. The number of nitrogens with two attached hydrogens (primary N) is 1. The van der Waals surface area contributed by atoms with Crippen LogP contribution in [0.1, 0.15) is 38.2 Å². The van der Waals surface area contributed by atoms with E-state index in [0.29, 0.717) is 21.8 Å². The number of carbonyl (C=O) groups excluding carboxylic acids is 1.